The van der Waals surface area contributed by atoms with Crippen LogP contribution in [0.4, 0.5) is 11.4 Å². The average Bonchev–Trinajstić information content (AvgIpc) is 2.99. The van der Waals surface area contributed by atoms with Crippen molar-refractivity contribution in [2.24, 2.45) is 0 Å². The number of nitrogens with zero attached hydrogens (tertiary/aromatic N) is 3. The standard InChI is InChI=1S/C24H28N4O/c1-16-8-11-21(17(2)14-16)27-22-19-10-9-18(3)26-23(19)25-15-20(22)24(29)28-12-6-4-5-7-13-28/h8-11,14-15H,4-7,12-13H2,1-3H3,(H,25,26,27). The van der Waals surface area contributed by atoms with Crippen molar-refractivity contribution >= 4 is 28.3 Å². The number of aromatic nitrogens is 2. The molecule has 0 atom stereocenters. The van der Waals surface area contributed by atoms with E-state index in [0.717, 1.165) is 53.9 Å². The highest BCUT2D eigenvalue weighted by Crippen LogP contribution is 2.31. The number of nitrogens with one attached hydrogen (secondary N) is 1. The molecule has 150 valence electrons. The van der Waals surface area contributed by atoms with Crippen LogP contribution in [-0.2, 0) is 0 Å². The van der Waals surface area contributed by atoms with Crippen molar-refractivity contribution in [1.82, 2.24) is 14.9 Å². The van der Waals surface area contributed by atoms with Crippen LogP contribution in [0.25, 0.3) is 11.0 Å². The summed E-state index contributed by atoms with van der Waals surface area (Å²) in [6, 6.07) is 10.3. The van der Waals surface area contributed by atoms with E-state index in [2.05, 4.69) is 47.3 Å². The smallest absolute Gasteiger partial charge is 0.257 e. The molecule has 3 aromatic rings. The molecule has 0 bridgehead atoms. The average molecular weight is 389 g/mol. The summed E-state index contributed by atoms with van der Waals surface area (Å²) in [6.45, 7) is 7.74. The number of fused-ring (bicyclic) bond motifs is 1. The van der Waals surface area contributed by atoms with Crippen molar-refractivity contribution in [3.63, 3.8) is 0 Å². The zero-order chi connectivity index (χ0) is 20.4. The molecule has 0 aliphatic carbocycles. The normalized spacial score (nSPS) is 14.7. The number of benzene rings is 1. The van der Waals surface area contributed by atoms with Crippen molar-refractivity contribution in [3.8, 4) is 0 Å². The Morgan fingerprint density at radius 1 is 1.00 bits per heavy atom. The van der Waals surface area contributed by atoms with Gasteiger partial charge in [-0.1, -0.05) is 30.5 Å². The van der Waals surface area contributed by atoms with Gasteiger partial charge in [-0.05, 0) is 57.4 Å². The van der Waals surface area contributed by atoms with Gasteiger partial charge in [-0.15, -0.1) is 0 Å². The monoisotopic (exact) mass is 388 g/mol. The second-order valence-electron chi connectivity index (χ2n) is 8.02. The number of carbonyl (C=O) groups is 1. The molecule has 1 aliphatic rings. The molecule has 1 amide bonds. The van der Waals surface area contributed by atoms with Crippen molar-refractivity contribution in [3.05, 3.63) is 58.9 Å². The maximum Gasteiger partial charge on any atom is 0.257 e. The molecule has 0 spiro atoms. The minimum Gasteiger partial charge on any atom is -0.354 e. The molecule has 1 fully saturated rings. The van der Waals surface area contributed by atoms with Crippen molar-refractivity contribution in [1.29, 1.82) is 0 Å². The third-order valence-corrected chi connectivity index (χ3v) is 5.63. The lowest BCUT2D eigenvalue weighted by molar-refractivity contribution is 0.0762. The van der Waals surface area contributed by atoms with E-state index < -0.39 is 0 Å². The van der Waals surface area contributed by atoms with Crippen LogP contribution >= 0.6 is 0 Å². The van der Waals surface area contributed by atoms with Gasteiger partial charge < -0.3 is 10.2 Å². The Labute approximate surface area is 172 Å². The maximum absolute atomic E-state index is 13.4. The van der Waals surface area contributed by atoms with Crippen molar-refractivity contribution in [2.75, 3.05) is 18.4 Å². The van der Waals surface area contributed by atoms with Gasteiger partial charge >= 0.3 is 0 Å². The van der Waals surface area contributed by atoms with Crippen LogP contribution in [0.2, 0.25) is 0 Å². The maximum atomic E-state index is 13.4. The van der Waals surface area contributed by atoms with Gasteiger partial charge in [0.2, 0.25) is 0 Å². The van der Waals surface area contributed by atoms with Gasteiger partial charge in [0.15, 0.2) is 5.65 Å². The van der Waals surface area contributed by atoms with E-state index in [1.54, 1.807) is 6.20 Å². The van der Waals surface area contributed by atoms with E-state index in [1.165, 1.54) is 18.4 Å². The van der Waals surface area contributed by atoms with Gasteiger partial charge in [-0.25, -0.2) is 9.97 Å². The topological polar surface area (TPSA) is 58.1 Å². The molecule has 0 unspecified atom stereocenters. The van der Waals surface area contributed by atoms with E-state index in [-0.39, 0.29) is 5.91 Å². The number of rotatable bonds is 3. The number of amides is 1. The predicted molar refractivity (Wildman–Crippen MR) is 118 cm³/mol. The largest absolute Gasteiger partial charge is 0.354 e. The number of pyridine rings is 2. The van der Waals surface area contributed by atoms with Crippen LogP contribution in [0.5, 0.6) is 0 Å². The molecule has 3 heterocycles. The van der Waals surface area contributed by atoms with E-state index in [0.29, 0.717) is 11.2 Å². The Morgan fingerprint density at radius 3 is 2.48 bits per heavy atom. The lowest BCUT2D eigenvalue weighted by atomic mass is 10.1. The second-order valence-corrected chi connectivity index (χ2v) is 8.02. The number of hydrogen-bond donors (Lipinski definition) is 1. The van der Waals surface area contributed by atoms with Crippen LogP contribution in [0.3, 0.4) is 0 Å². The molecule has 0 saturated carbocycles. The third kappa shape index (κ3) is 4.09. The molecular formula is C24H28N4O. The molecule has 1 saturated heterocycles. The van der Waals surface area contributed by atoms with Crippen LogP contribution in [0, 0.1) is 20.8 Å². The van der Waals surface area contributed by atoms with E-state index in [9.17, 15) is 4.79 Å². The molecule has 1 aliphatic heterocycles. The third-order valence-electron chi connectivity index (χ3n) is 5.63. The lowest BCUT2D eigenvalue weighted by Crippen LogP contribution is -2.32. The first-order chi connectivity index (χ1) is 14.0. The second kappa shape index (κ2) is 8.19. The van der Waals surface area contributed by atoms with Gasteiger partial charge in [0.25, 0.3) is 5.91 Å². The predicted octanol–water partition coefficient (Wildman–Crippen LogP) is 5.31. The SMILES string of the molecule is Cc1ccc(Nc2c(C(=O)N3CCCCCC3)cnc3nc(C)ccc23)c(C)c1. The van der Waals surface area contributed by atoms with Crippen LogP contribution in [-0.4, -0.2) is 33.9 Å². The number of anilines is 2. The zero-order valence-corrected chi connectivity index (χ0v) is 17.5. The Hall–Kier alpha value is -2.95. The minimum absolute atomic E-state index is 0.0501. The van der Waals surface area contributed by atoms with Gasteiger partial charge in [0, 0.05) is 36.1 Å². The lowest BCUT2D eigenvalue weighted by Gasteiger charge is -2.23. The number of hydrogen-bond acceptors (Lipinski definition) is 4. The minimum atomic E-state index is 0.0501. The fourth-order valence-corrected chi connectivity index (χ4v) is 4.00. The summed E-state index contributed by atoms with van der Waals surface area (Å²) in [7, 11) is 0. The Kier molecular flexibility index (Phi) is 5.47. The first-order valence-corrected chi connectivity index (χ1v) is 10.4. The Morgan fingerprint density at radius 2 is 1.76 bits per heavy atom. The first-order valence-electron chi connectivity index (χ1n) is 10.4. The number of aryl methyl sites for hydroxylation is 3. The molecule has 5 heteroatoms. The molecule has 29 heavy (non-hydrogen) atoms. The fourth-order valence-electron chi connectivity index (χ4n) is 4.00. The van der Waals surface area contributed by atoms with Crippen LogP contribution in [0.1, 0.15) is 52.9 Å². The molecule has 4 rings (SSSR count). The Balaban J connectivity index is 1.81. The molecular weight excluding hydrogens is 360 g/mol. The summed E-state index contributed by atoms with van der Waals surface area (Å²) >= 11 is 0. The fraction of sp³-hybridized carbons (Fsp3) is 0.375. The van der Waals surface area contributed by atoms with Crippen molar-refractivity contribution in [2.45, 2.75) is 46.5 Å². The molecule has 1 aromatic carbocycles. The summed E-state index contributed by atoms with van der Waals surface area (Å²) in [6.07, 6.45) is 6.20. The highest BCUT2D eigenvalue weighted by molar-refractivity contribution is 6.07. The van der Waals surface area contributed by atoms with Crippen molar-refractivity contribution < 1.29 is 4.79 Å². The summed E-state index contributed by atoms with van der Waals surface area (Å²) in [5.41, 5.74) is 6.33. The highest BCUT2D eigenvalue weighted by Gasteiger charge is 2.23. The van der Waals surface area contributed by atoms with Gasteiger partial charge in [-0.2, -0.15) is 0 Å². The Bertz CT molecular complexity index is 1050. The summed E-state index contributed by atoms with van der Waals surface area (Å²) in [5.74, 6) is 0.0501. The van der Waals surface area contributed by atoms with Crippen LogP contribution < -0.4 is 5.32 Å². The summed E-state index contributed by atoms with van der Waals surface area (Å²) < 4.78 is 0. The van der Waals surface area contributed by atoms with E-state index in [4.69, 9.17) is 0 Å². The van der Waals surface area contributed by atoms with E-state index in [1.807, 2.05) is 24.0 Å². The molecule has 5 nitrogen and oxygen atoms in total. The van der Waals surface area contributed by atoms with Gasteiger partial charge in [-0.3, -0.25) is 4.79 Å². The summed E-state index contributed by atoms with van der Waals surface area (Å²) in [5, 5.41) is 4.41. The van der Waals surface area contributed by atoms with Gasteiger partial charge in [0.05, 0.1) is 11.3 Å². The molecule has 1 N–H and O–H groups in total. The number of likely N-dealkylation sites (tertiary alicyclic amines) is 1. The zero-order valence-electron chi connectivity index (χ0n) is 17.5. The first kappa shape index (κ1) is 19.4. The quantitative estimate of drug-likeness (QED) is 0.660. The number of carbonyl (C=O) groups excluding carboxylic acids is 1. The van der Waals surface area contributed by atoms with Gasteiger partial charge in [0.1, 0.15) is 0 Å². The molecule has 2 aromatic heterocycles. The van der Waals surface area contributed by atoms with Crippen LogP contribution in [0.15, 0.2) is 36.5 Å². The highest BCUT2D eigenvalue weighted by atomic mass is 16.2. The molecule has 0 radical (unpaired) electrons. The summed E-state index contributed by atoms with van der Waals surface area (Å²) in [4.78, 5) is 24.5. The van der Waals surface area contributed by atoms with E-state index >= 15 is 0 Å².